The molecule has 0 aliphatic carbocycles. The van der Waals surface area contributed by atoms with E-state index in [-0.39, 0.29) is 11.3 Å². The number of fused-ring (bicyclic) bond motifs is 1. The van der Waals surface area contributed by atoms with Gasteiger partial charge < -0.3 is 9.52 Å². The van der Waals surface area contributed by atoms with E-state index < -0.39 is 17.7 Å². The number of halogens is 2. The van der Waals surface area contributed by atoms with E-state index in [1.165, 1.54) is 16.2 Å². The van der Waals surface area contributed by atoms with Crippen LogP contribution in [0.4, 0.5) is 5.13 Å². The molecule has 1 fully saturated rings. The third-order valence-electron chi connectivity index (χ3n) is 5.14. The van der Waals surface area contributed by atoms with E-state index in [0.717, 1.165) is 4.70 Å². The molecule has 1 atom stereocenters. The Morgan fingerprint density at radius 3 is 2.47 bits per heavy atom. The summed E-state index contributed by atoms with van der Waals surface area (Å²) in [7, 11) is 0. The molecule has 160 valence electrons. The number of hydrogen-bond acceptors (Lipinski definition) is 6. The maximum atomic E-state index is 13.1. The summed E-state index contributed by atoms with van der Waals surface area (Å²) in [5.74, 6) is -0.994. The quantitative estimate of drug-likeness (QED) is 0.214. The second-order valence-electron chi connectivity index (χ2n) is 7.23. The first-order chi connectivity index (χ1) is 15.3. The van der Waals surface area contributed by atoms with Gasteiger partial charge in [-0.1, -0.05) is 34.5 Å². The van der Waals surface area contributed by atoms with Gasteiger partial charge in [-0.2, -0.15) is 0 Å². The Labute approximate surface area is 196 Å². The van der Waals surface area contributed by atoms with E-state index in [1.54, 1.807) is 61.5 Å². The minimum absolute atomic E-state index is 0.0797. The molecule has 4 aromatic rings. The third-order valence-corrected chi connectivity index (χ3v) is 6.64. The molecule has 5 rings (SSSR count). The van der Waals surface area contributed by atoms with Crippen molar-refractivity contribution in [1.82, 2.24) is 4.98 Å². The molecule has 1 aliphatic heterocycles. The summed E-state index contributed by atoms with van der Waals surface area (Å²) in [5, 5.41) is 12.4. The van der Waals surface area contributed by atoms with Crippen LogP contribution in [-0.4, -0.2) is 21.8 Å². The van der Waals surface area contributed by atoms with Crippen molar-refractivity contribution in [3.05, 3.63) is 87.3 Å². The fourth-order valence-corrected chi connectivity index (χ4v) is 5.05. The van der Waals surface area contributed by atoms with E-state index in [4.69, 9.17) is 27.6 Å². The number of aromatic nitrogens is 1. The molecule has 2 aromatic heterocycles. The van der Waals surface area contributed by atoms with Gasteiger partial charge in [-0.15, -0.1) is 0 Å². The number of amides is 1. The minimum Gasteiger partial charge on any atom is -0.507 e. The summed E-state index contributed by atoms with van der Waals surface area (Å²) in [4.78, 5) is 32.1. The van der Waals surface area contributed by atoms with Crippen LogP contribution in [0.1, 0.15) is 23.1 Å². The predicted octanol–water partition coefficient (Wildman–Crippen LogP) is 6.13. The predicted molar refractivity (Wildman–Crippen MR) is 124 cm³/mol. The largest absolute Gasteiger partial charge is 0.507 e. The molecule has 1 unspecified atom stereocenters. The first-order valence-corrected chi connectivity index (χ1v) is 11.1. The van der Waals surface area contributed by atoms with E-state index in [9.17, 15) is 14.7 Å². The lowest BCUT2D eigenvalue weighted by molar-refractivity contribution is -0.132. The number of carbonyl (C=O) groups is 2. The first kappa shape index (κ1) is 20.8. The van der Waals surface area contributed by atoms with Crippen LogP contribution in [-0.2, 0) is 9.59 Å². The van der Waals surface area contributed by atoms with Crippen molar-refractivity contribution < 1.29 is 19.1 Å². The number of benzene rings is 2. The van der Waals surface area contributed by atoms with Crippen LogP contribution in [0.3, 0.4) is 0 Å². The fourth-order valence-electron chi connectivity index (χ4n) is 3.65. The number of carbonyl (C=O) groups excluding carboxylic acids is 2. The lowest BCUT2D eigenvalue weighted by Gasteiger charge is -2.20. The Morgan fingerprint density at radius 2 is 1.78 bits per heavy atom. The highest BCUT2D eigenvalue weighted by Gasteiger charge is 2.49. The van der Waals surface area contributed by atoms with Crippen molar-refractivity contribution in [3.63, 3.8) is 0 Å². The minimum atomic E-state index is -0.976. The van der Waals surface area contributed by atoms with Gasteiger partial charge in [0.2, 0.25) is 0 Å². The number of Topliss-reactive ketones (excluding diaryl/α,β-unsaturated/α-hetero) is 1. The number of aliphatic hydroxyl groups is 1. The number of aryl methyl sites for hydroxylation is 1. The third kappa shape index (κ3) is 3.39. The number of anilines is 1. The molecule has 0 saturated carbocycles. The Hall–Kier alpha value is -3.13. The van der Waals surface area contributed by atoms with Crippen molar-refractivity contribution in [2.75, 3.05) is 4.90 Å². The van der Waals surface area contributed by atoms with Crippen LogP contribution >= 0.6 is 34.5 Å². The number of nitrogens with zero attached hydrogens (tertiary/aromatic N) is 2. The van der Waals surface area contributed by atoms with Gasteiger partial charge >= 0.3 is 5.91 Å². The summed E-state index contributed by atoms with van der Waals surface area (Å²) in [6.07, 6.45) is 0. The second-order valence-corrected chi connectivity index (χ2v) is 9.11. The standard InChI is InChI=1S/C23H14Cl2N2O4S/c1-11-2-9-16(31-11)19-18(20(28)12-3-5-13(24)6-4-12)21(29)22(30)27(19)23-26-15-8-7-14(25)10-17(15)32-23/h2-10,19,28H,1H3. The van der Waals surface area contributed by atoms with Crippen LogP contribution in [0.5, 0.6) is 0 Å². The van der Waals surface area contributed by atoms with Crippen LogP contribution in [0, 0.1) is 6.92 Å². The van der Waals surface area contributed by atoms with Gasteiger partial charge in [0.1, 0.15) is 23.3 Å². The SMILES string of the molecule is Cc1ccc(C2C(=C(O)c3ccc(Cl)cc3)C(=O)C(=O)N2c2nc3ccc(Cl)cc3s2)o1. The van der Waals surface area contributed by atoms with Gasteiger partial charge in [0.25, 0.3) is 5.78 Å². The van der Waals surface area contributed by atoms with Crippen molar-refractivity contribution in [2.45, 2.75) is 13.0 Å². The van der Waals surface area contributed by atoms with Crippen molar-refractivity contribution >= 4 is 67.3 Å². The zero-order valence-corrected chi connectivity index (χ0v) is 18.8. The topological polar surface area (TPSA) is 83.6 Å². The average molecular weight is 485 g/mol. The lowest BCUT2D eigenvalue weighted by atomic mass is 9.99. The van der Waals surface area contributed by atoms with Crippen LogP contribution in [0.25, 0.3) is 16.0 Å². The van der Waals surface area contributed by atoms with E-state index in [2.05, 4.69) is 4.98 Å². The molecule has 3 heterocycles. The number of hydrogen-bond donors (Lipinski definition) is 1. The molecule has 0 radical (unpaired) electrons. The van der Waals surface area contributed by atoms with E-state index in [0.29, 0.717) is 37.8 Å². The molecule has 2 aromatic carbocycles. The van der Waals surface area contributed by atoms with E-state index >= 15 is 0 Å². The molecule has 0 spiro atoms. The number of furan rings is 1. The number of aliphatic hydroxyl groups excluding tert-OH is 1. The highest BCUT2D eigenvalue weighted by Crippen LogP contribution is 2.44. The molecule has 1 N–H and O–H groups in total. The number of rotatable bonds is 3. The Balaban J connectivity index is 1.72. The first-order valence-electron chi connectivity index (χ1n) is 9.53. The molecular formula is C23H14Cl2N2O4S. The summed E-state index contributed by atoms with van der Waals surface area (Å²) >= 11 is 13.3. The Bertz CT molecular complexity index is 1420. The van der Waals surface area contributed by atoms with Crippen molar-refractivity contribution in [3.8, 4) is 0 Å². The Morgan fingerprint density at radius 1 is 1.06 bits per heavy atom. The van der Waals surface area contributed by atoms with Gasteiger partial charge in [0.15, 0.2) is 5.13 Å². The van der Waals surface area contributed by atoms with Gasteiger partial charge in [-0.25, -0.2) is 4.98 Å². The van der Waals surface area contributed by atoms with Crippen molar-refractivity contribution in [1.29, 1.82) is 0 Å². The van der Waals surface area contributed by atoms with Crippen LogP contribution < -0.4 is 4.90 Å². The van der Waals surface area contributed by atoms with Gasteiger partial charge in [0, 0.05) is 15.6 Å². The highest BCUT2D eigenvalue weighted by atomic mass is 35.5. The normalized spacial score (nSPS) is 18.1. The zero-order valence-electron chi connectivity index (χ0n) is 16.5. The molecule has 0 bridgehead atoms. The smallest absolute Gasteiger partial charge is 0.302 e. The summed E-state index contributed by atoms with van der Waals surface area (Å²) in [6.45, 7) is 1.76. The zero-order chi connectivity index (χ0) is 22.6. The fraction of sp³-hybridized carbons (Fsp3) is 0.0870. The molecule has 1 amide bonds. The Kier molecular flexibility index (Phi) is 5.04. The lowest BCUT2D eigenvalue weighted by Crippen LogP contribution is -2.29. The highest BCUT2D eigenvalue weighted by molar-refractivity contribution is 7.22. The second kappa shape index (κ2) is 7.78. The van der Waals surface area contributed by atoms with Crippen molar-refractivity contribution in [2.24, 2.45) is 0 Å². The van der Waals surface area contributed by atoms with Gasteiger partial charge in [0.05, 0.1) is 15.8 Å². The maximum Gasteiger partial charge on any atom is 0.302 e. The number of thiazole rings is 1. The van der Waals surface area contributed by atoms with Gasteiger partial charge in [-0.3, -0.25) is 14.5 Å². The summed E-state index contributed by atoms with van der Waals surface area (Å²) < 4.78 is 6.55. The summed E-state index contributed by atoms with van der Waals surface area (Å²) in [5.41, 5.74) is 0.920. The molecule has 1 aliphatic rings. The number of ketones is 1. The van der Waals surface area contributed by atoms with E-state index in [1.807, 2.05) is 0 Å². The molecule has 32 heavy (non-hydrogen) atoms. The maximum absolute atomic E-state index is 13.1. The van der Waals surface area contributed by atoms with Crippen LogP contribution in [0.15, 0.2) is 64.6 Å². The summed E-state index contributed by atoms with van der Waals surface area (Å²) in [6, 6.07) is 14.0. The average Bonchev–Trinajstić information content (AvgIpc) is 3.44. The van der Waals surface area contributed by atoms with Gasteiger partial charge in [-0.05, 0) is 61.5 Å². The molecular weight excluding hydrogens is 471 g/mol. The molecule has 1 saturated heterocycles. The molecule has 6 nitrogen and oxygen atoms in total. The van der Waals surface area contributed by atoms with Crippen LogP contribution in [0.2, 0.25) is 10.0 Å². The molecule has 9 heteroatoms. The monoisotopic (exact) mass is 484 g/mol.